The van der Waals surface area contributed by atoms with E-state index in [4.69, 9.17) is 5.21 Å². The third-order valence-electron chi connectivity index (χ3n) is 6.94. The highest BCUT2D eigenvalue weighted by atomic mass is 15.6. The number of aromatic nitrogens is 4. The van der Waals surface area contributed by atoms with Gasteiger partial charge in [0.25, 0.3) is 0 Å². The van der Waals surface area contributed by atoms with Crippen molar-refractivity contribution in [3.8, 4) is 22.5 Å². The van der Waals surface area contributed by atoms with Gasteiger partial charge in [-0.05, 0) is 50.7 Å². The molecule has 37 heavy (non-hydrogen) atoms. The Labute approximate surface area is 216 Å². The van der Waals surface area contributed by atoms with Crippen molar-refractivity contribution in [1.29, 1.82) is 0 Å². The van der Waals surface area contributed by atoms with Crippen molar-refractivity contribution in [2.24, 2.45) is 0 Å². The van der Waals surface area contributed by atoms with E-state index in [-0.39, 0.29) is 0 Å². The number of hydrogen-bond donors (Lipinski definition) is 0. The van der Waals surface area contributed by atoms with Gasteiger partial charge in [0.15, 0.2) is 5.82 Å². The molecule has 0 aliphatic carbocycles. The average Bonchev–Trinajstić information content (AvgIpc) is 3.45. The predicted molar refractivity (Wildman–Crippen MR) is 148 cm³/mol. The maximum Gasteiger partial charge on any atom is 0.184 e. The van der Waals surface area contributed by atoms with Crippen molar-refractivity contribution >= 4 is 0 Å². The minimum absolute atomic E-state index is 0.716. The third-order valence-corrected chi connectivity index (χ3v) is 6.94. The number of benzene rings is 5. The van der Waals surface area contributed by atoms with Crippen molar-refractivity contribution in [2.45, 2.75) is 12.5 Å². The van der Waals surface area contributed by atoms with Gasteiger partial charge >= 0.3 is 0 Å². The van der Waals surface area contributed by atoms with Crippen LogP contribution in [0.4, 0.5) is 0 Å². The van der Waals surface area contributed by atoms with E-state index in [9.17, 15) is 0 Å². The van der Waals surface area contributed by atoms with Gasteiger partial charge < -0.3 is 0 Å². The summed E-state index contributed by atoms with van der Waals surface area (Å²) in [4.78, 5) is 0. The van der Waals surface area contributed by atoms with E-state index in [1.54, 1.807) is 0 Å². The first kappa shape index (κ1) is 22.6. The molecule has 0 unspecified atom stereocenters. The summed E-state index contributed by atoms with van der Waals surface area (Å²) in [6, 6.07) is 48.3. The Kier molecular flexibility index (Phi) is 5.91. The first-order valence-corrected chi connectivity index (χ1v) is 12.4. The third kappa shape index (κ3) is 3.83. The summed E-state index contributed by atoms with van der Waals surface area (Å²) in [5, 5.41) is 13.7. The van der Waals surface area contributed by atoms with Crippen LogP contribution < -0.4 is 0 Å². The fraction of sp³-hybridized carbons (Fsp3) is 0.0606. The zero-order valence-electron chi connectivity index (χ0n) is 20.6. The highest BCUT2D eigenvalue weighted by molar-refractivity contribution is 5.83. The molecule has 1 heterocycles. The molecular weight excluding hydrogens is 452 g/mol. The Hall–Kier alpha value is -4.83. The molecule has 4 heteroatoms. The largest absolute Gasteiger partial charge is 0.205 e. The van der Waals surface area contributed by atoms with E-state index in [1.165, 1.54) is 0 Å². The molecule has 0 N–H and O–H groups in total. The van der Waals surface area contributed by atoms with Gasteiger partial charge in [0.1, 0.15) is 5.54 Å². The second kappa shape index (κ2) is 9.67. The molecule has 1 aromatic heterocycles. The summed E-state index contributed by atoms with van der Waals surface area (Å²) in [5.74, 6) is 0.716. The molecule has 0 radical (unpaired) electrons. The van der Waals surface area contributed by atoms with Gasteiger partial charge in [-0.1, -0.05) is 140 Å². The smallest absolute Gasteiger partial charge is 0.184 e. The molecule has 6 rings (SSSR count). The molecule has 4 nitrogen and oxygen atoms in total. The summed E-state index contributed by atoms with van der Waals surface area (Å²) in [5.41, 5.74) is 6.80. The molecule has 0 aliphatic heterocycles. The van der Waals surface area contributed by atoms with Crippen molar-refractivity contribution in [3.63, 3.8) is 0 Å². The first-order chi connectivity index (χ1) is 18.3. The van der Waals surface area contributed by atoms with Gasteiger partial charge in [0.2, 0.25) is 0 Å². The Bertz CT molecular complexity index is 1510. The van der Waals surface area contributed by atoms with Crippen LogP contribution in [0.3, 0.4) is 0 Å². The van der Waals surface area contributed by atoms with Crippen molar-refractivity contribution in [3.05, 3.63) is 162 Å². The Balaban J connectivity index is 1.73. The minimum atomic E-state index is -0.793. The Morgan fingerprint density at radius 1 is 0.541 bits per heavy atom. The SMILES string of the molecule is Cc1cccc(-c2ccccc2)c1-c1nnnn1C(c1ccccc1)(c1ccccc1)c1ccccc1. The van der Waals surface area contributed by atoms with E-state index in [0.717, 1.165) is 38.9 Å². The monoisotopic (exact) mass is 478 g/mol. The first-order valence-electron chi connectivity index (χ1n) is 12.4. The standard InChI is InChI=1S/C33H26N4/c1-25-15-14-24-30(26-16-6-2-7-17-26)31(25)32-34-35-36-37(32)33(27-18-8-3-9-19-27,28-20-10-4-11-21-28)29-22-12-5-13-23-29/h2-24H,1H3. The van der Waals surface area contributed by atoms with Crippen LogP contribution >= 0.6 is 0 Å². The number of hydrogen-bond acceptors (Lipinski definition) is 3. The van der Waals surface area contributed by atoms with Gasteiger partial charge in [-0.3, -0.25) is 0 Å². The molecule has 0 aliphatic rings. The Morgan fingerprint density at radius 3 is 1.54 bits per heavy atom. The van der Waals surface area contributed by atoms with Gasteiger partial charge in [-0.25, -0.2) is 4.68 Å². The maximum absolute atomic E-state index is 4.73. The zero-order valence-corrected chi connectivity index (χ0v) is 20.6. The predicted octanol–water partition coefficient (Wildman–Crippen LogP) is 7.16. The Morgan fingerprint density at radius 2 is 1.03 bits per heavy atom. The number of aryl methyl sites for hydroxylation is 1. The van der Waals surface area contributed by atoms with E-state index in [1.807, 2.05) is 28.9 Å². The van der Waals surface area contributed by atoms with Gasteiger partial charge in [0, 0.05) is 5.56 Å². The lowest BCUT2D eigenvalue weighted by molar-refractivity contribution is 0.451. The molecule has 5 aromatic carbocycles. The van der Waals surface area contributed by atoms with E-state index < -0.39 is 5.54 Å². The molecule has 0 bridgehead atoms. The number of nitrogens with zero attached hydrogens (tertiary/aromatic N) is 4. The van der Waals surface area contributed by atoms with E-state index in [0.29, 0.717) is 5.82 Å². The molecule has 0 fully saturated rings. The summed E-state index contributed by atoms with van der Waals surface area (Å²) in [6.45, 7) is 2.12. The zero-order chi connectivity index (χ0) is 25.1. The lowest BCUT2D eigenvalue weighted by atomic mass is 9.76. The van der Waals surface area contributed by atoms with E-state index >= 15 is 0 Å². The van der Waals surface area contributed by atoms with Crippen molar-refractivity contribution in [1.82, 2.24) is 20.2 Å². The van der Waals surface area contributed by atoms with Gasteiger partial charge in [0.05, 0.1) is 0 Å². The van der Waals surface area contributed by atoms with Crippen LogP contribution in [0.25, 0.3) is 22.5 Å². The topological polar surface area (TPSA) is 43.6 Å². The fourth-order valence-corrected chi connectivity index (χ4v) is 5.30. The second-order valence-corrected chi connectivity index (χ2v) is 9.09. The number of tetrazole rings is 1. The minimum Gasteiger partial charge on any atom is -0.205 e. The van der Waals surface area contributed by atoms with Crippen LogP contribution in [-0.2, 0) is 5.54 Å². The molecule has 6 aromatic rings. The summed E-state index contributed by atoms with van der Waals surface area (Å²) < 4.78 is 2.00. The van der Waals surface area contributed by atoms with E-state index in [2.05, 4.69) is 132 Å². The lowest BCUT2D eigenvalue weighted by Gasteiger charge is -2.36. The quantitative estimate of drug-likeness (QED) is 0.239. The summed E-state index contributed by atoms with van der Waals surface area (Å²) in [7, 11) is 0. The molecule has 0 saturated heterocycles. The molecule has 0 atom stereocenters. The lowest BCUT2D eigenvalue weighted by Crippen LogP contribution is -2.39. The van der Waals surface area contributed by atoms with Crippen LogP contribution in [0.1, 0.15) is 22.3 Å². The van der Waals surface area contributed by atoms with Crippen LogP contribution in [0.2, 0.25) is 0 Å². The van der Waals surface area contributed by atoms with Gasteiger partial charge in [-0.15, -0.1) is 5.10 Å². The normalized spacial score (nSPS) is 11.4. The fourth-order valence-electron chi connectivity index (χ4n) is 5.30. The van der Waals surface area contributed by atoms with Crippen LogP contribution in [0, 0.1) is 6.92 Å². The van der Waals surface area contributed by atoms with Gasteiger partial charge in [-0.2, -0.15) is 0 Å². The summed E-state index contributed by atoms with van der Waals surface area (Å²) in [6.07, 6.45) is 0. The molecule has 0 amide bonds. The molecule has 0 spiro atoms. The second-order valence-electron chi connectivity index (χ2n) is 9.09. The summed E-state index contributed by atoms with van der Waals surface area (Å²) >= 11 is 0. The highest BCUT2D eigenvalue weighted by Gasteiger charge is 2.42. The van der Waals surface area contributed by atoms with Crippen LogP contribution in [0.15, 0.2) is 140 Å². The average molecular weight is 479 g/mol. The van der Waals surface area contributed by atoms with Crippen molar-refractivity contribution in [2.75, 3.05) is 0 Å². The maximum atomic E-state index is 4.73. The van der Waals surface area contributed by atoms with Crippen molar-refractivity contribution < 1.29 is 0 Å². The number of rotatable bonds is 6. The molecule has 0 saturated carbocycles. The molecule has 178 valence electrons. The van der Waals surface area contributed by atoms with Crippen LogP contribution in [-0.4, -0.2) is 20.2 Å². The molecular formula is C33H26N4. The van der Waals surface area contributed by atoms with Crippen LogP contribution in [0.5, 0.6) is 0 Å². The highest BCUT2D eigenvalue weighted by Crippen LogP contribution is 2.43.